The molecule has 0 unspecified atom stereocenters. The van der Waals surface area contributed by atoms with Crippen molar-refractivity contribution in [2.75, 3.05) is 23.0 Å². The Labute approximate surface area is 221 Å². The molecular formula is C25H33F2N3O6S2. The van der Waals surface area contributed by atoms with Gasteiger partial charge in [-0.3, -0.25) is 9.79 Å². The van der Waals surface area contributed by atoms with Crippen molar-refractivity contribution in [1.82, 2.24) is 5.32 Å². The van der Waals surface area contributed by atoms with Crippen LogP contribution in [0.25, 0.3) is 5.70 Å². The lowest BCUT2D eigenvalue weighted by molar-refractivity contribution is -0.126. The van der Waals surface area contributed by atoms with Gasteiger partial charge in [0, 0.05) is 29.3 Å². The van der Waals surface area contributed by atoms with Gasteiger partial charge in [0.2, 0.25) is 5.91 Å². The molecule has 4 rings (SSSR count). The topological polar surface area (TPSA) is 145 Å². The zero-order valence-corrected chi connectivity index (χ0v) is 22.8. The van der Waals surface area contributed by atoms with Gasteiger partial charge in [-0.1, -0.05) is 12.1 Å². The van der Waals surface area contributed by atoms with E-state index in [1.165, 1.54) is 12.1 Å². The zero-order chi connectivity index (χ0) is 27.7. The molecule has 13 heteroatoms. The highest BCUT2D eigenvalue weighted by Crippen LogP contribution is 2.34. The summed E-state index contributed by atoms with van der Waals surface area (Å²) in [4.78, 5) is 18.1. The van der Waals surface area contributed by atoms with Crippen molar-refractivity contribution in [3.05, 3.63) is 35.4 Å². The van der Waals surface area contributed by atoms with Crippen LogP contribution in [0.4, 0.5) is 8.78 Å². The molecular weight excluding hydrogens is 540 g/mol. The molecule has 2 saturated heterocycles. The smallest absolute Gasteiger partial charge is 0.387 e. The van der Waals surface area contributed by atoms with E-state index in [0.29, 0.717) is 54.6 Å². The highest BCUT2D eigenvalue weighted by Gasteiger charge is 2.41. The quantitative estimate of drug-likeness (QED) is 0.532. The number of rotatable bonds is 6. The van der Waals surface area contributed by atoms with Gasteiger partial charge in [0.25, 0.3) is 0 Å². The second-order valence-corrected chi connectivity index (χ2v) is 15.1. The second kappa shape index (κ2) is 10.9. The molecule has 1 aromatic rings. The lowest BCUT2D eigenvalue weighted by Gasteiger charge is -2.31. The molecule has 0 radical (unpaired) electrons. The number of nitrogens with zero attached hydrogens (tertiary/aromatic N) is 1. The number of amides is 1. The molecule has 1 aromatic carbocycles. The molecule has 3 aliphatic rings. The molecule has 210 valence electrons. The summed E-state index contributed by atoms with van der Waals surface area (Å²) in [6, 6.07) is 5.80. The lowest BCUT2D eigenvalue weighted by atomic mass is 9.81. The number of nitrogens with two attached hydrogens (primary N) is 1. The summed E-state index contributed by atoms with van der Waals surface area (Å²) < 4.78 is 77.7. The average Bonchev–Trinajstić information content (AvgIpc) is 3.11. The Hall–Kier alpha value is -2.54. The molecule has 0 spiro atoms. The van der Waals surface area contributed by atoms with E-state index in [9.17, 15) is 30.4 Å². The number of halogens is 2. The number of hydrogen-bond donors (Lipinski definition) is 2. The molecule has 3 N–H and O–H groups in total. The van der Waals surface area contributed by atoms with E-state index in [0.717, 1.165) is 0 Å². The molecule has 0 bridgehead atoms. The van der Waals surface area contributed by atoms with Crippen molar-refractivity contribution in [2.24, 2.45) is 16.6 Å². The van der Waals surface area contributed by atoms with Crippen LogP contribution >= 0.6 is 0 Å². The first kappa shape index (κ1) is 28.5. The van der Waals surface area contributed by atoms with Gasteiger partial charge >= 0.3 is 6.61 Å². The van der Waals surface area contributed by atoms with Gasteiger partial charge in [0.1, 0.15) is 15.6 Å². The summed E-state index contributed by atoms with van der Waals surface area (Å²) in [5, 5.41) is 2.93. The number of aliphatic imine (C=N–C) groups is 1. The minimum atomic E-state index is -3.20. The normalized spacial score (nSPS) is 29.8. The van der Waals surface area contributed by atoms with E-state index in [4.69, 9.17) is 10.7 Å². The standard InChI is InChI=1S/C25H33F2N3O6S2/c1-25(9-12-38(34,35)15-25)30-23(31)17-5-6-20(21(14-17)29-18-7-10-37(32,33)11-8-18)22(28)16-3-2-4-19(13-16)36-24(26)27/h2-4,13,17-18,24H,5-12,14-15,28H2,1H3,(H,30,31)/b22-20-,29-21?/t17-,25+/m1/s1. The molecule has 2 heterocycles. The maximum atomic E-state index is 13.2. The summed E-state index contributed by atoms with van der Waals surface area (Å²) in [5.74, 6) is -0.766. The number of ether oxygens (including phenoxy) is 1. The Bertz CT molecular complexity index is 1350. The van der Waals surface area contributed by atoms with Gasteiger partial charge in [-0.05, 0) is 56.7 Å². The number of allylic oxidation sites excluding steroid dienone is 1. The Balaban J connectivity index is 1.60. The summed E-state index contributed by atoms with van der Waals surface area (Å²) in [5.41, 5.74) is 7.76. The third-order valence-electron chi connectivity index (χ3n) is 7.39. The summed E-state index contributed by atoms with van der Waals surface area (Å²) in [6.07, 6.45) is 2.16. The van der Waals surface area contributed by atoms with E-state index in [1.54, 1.807) is 19.1 Å². The van der Waals surface area contributed by atoms with E-state index >= 15 is 0 Å². The van der Waals surface area contributed by atoms with Crippen molar-refractivity contribution in [3.8, 4) is 5.75 Å². The predicted octanol–water partition coefficient (Wildman–Crippen LogP) is 2.47. The first-order valence-corrected chi connectivity index (χ1v) is 16.2. The van der Waals surface area contributed by atoms with Crippen molar-refractivity contribution < 1.29 is 35.1 Å². The third-order valence-corrected chi connectivity index (χ3v) is 11.0. The summed E-state index contributed by atoms with van der Waals surface area (Å²) >= 11 is 0. The van der Waals surface area contributed by atoms with Crippen LogP contribution in [0.5, 0.6) is 5.75 Å². The van der Waals surface area contributed by atoms with Gasteiger partial charge in [0.15, 0.2) is 9.84 Å². The fourth-order valence-electron chi connectivity index (χ4n) is 5.32. The molecule has 2 atom stereocenters. The first-order valence-electron chi connectivity index (χ1n) is 12.6. The molecule has 38 heavy (non-hydrogen) atoms. The lowest BCUT2D eigenvalue weighted by Crippen LogP contribution is -2.50. The number of sulfone groups is 2. The van der Waals surface area contributed by atoms with Crippen molar-refractivity contribution >= 4 is 37.0 Å². The second-order valence-electron chi connectivity index (χ2n) is 10.6. The van der Waals surface area contributed by atoms with E-state index < -0.39 is 37.7 Å². The molecule has 0 aromatic heterocycles. The van der Waals surface area contributed by atoms with E-state index in [2.05, 4.69) is 10.1 Å². The van der Waals surface area contributed by atoms with Gasteiger partial charge < -0.3 is 15.8 Å². The highest BCUT2D eigenvalue weighted by molar-refractivity contribution is 7.91. The van der Waals surface area contributed by atoms with Crippen molar-refractivity contribution in [3.63, 3.8) is 0 Å². The van der Waals surface area contributed by atoms with Gasteiger partial charge in [-0.2, -0.15) is 8.78 Å². The van der Waals surface area contributed by atoms with Gasteiger partial charge in [-0.15, -0.1) is 0 Å². The molecule has 2 aliphatic heterocycles. The van der Waals surface area contributed by atoms with Crippen molar-refractivity contribution in [1.29, 1.82) is 0 Å². The van der Waals surface area contributed by atoms with Crippen LogP contribution < -0.4 is 15.8 Å². The molecule has 9 nitrogen and oxygen atoms in total. The van der Waals surface area contributed by atoms with Crippen LogP contribution in [-0.4, -0.2) is 69.7 Å². The number of carbonyl (C=O) groups is 1. The van der Waals surface area contributed by atoms with Crippen LogP contribution in [-0.2, 0) is 24.5 Å². The minimum absolute atomic E-state index is 0.0312. The third kappa shape index (κ3) is 7.10. The fourth-order valence-corrected chi connectivity index (χ4v) is 8.88. The monoisotopic (exact) mass is 573 g/mol. The van der Waals surface area contributed by atoms with Crippen LogP contribution in [0.3, 0.4) is 0 Å². The van der Waals surface area contributed by atoms with Crippen molar-refractivity contribution in [2.45, 2.75) is 63.6 Å². The van der Waals surface area contributed by atoms with Crippen LogP contribution in [0.1, 0.15) is 51.0 Å². The van der Waals surface area contributed by atoms with E-state index in [1.807, 2.05) is 0 Å². The number of hydrogen-bond acceptors (Lipinski definition) is 8. The SMILES string of the molecule is C[C@]1(NC(=O)[C@@H]2CC/C(=C(/N)c3cccc(OC(F)F)c3)C(=NC3CCS(=O)(=O)CC3)C2)CCS(=O)(=O)C1. The largest absolute Gasteiger partial charge is 0.435 e. The Morgan fingerprint density at radius 2 is 1.84 bits per heavy atom. The van der Waals surface area contributed by atoms with Crippen LogP contribution in [0.2, 0.25) is 0 Å². The number of benzene rings is 1. The average molecular weight is 574 g/mol. The zero-order valence-electron chi connectivity index (χ0n) is 21.2. The molecule has 1 saturated carbocycles. The molecule has 1 amide bonds. The van der Waals surface area contributed by atoms with Gasteiger partial charge in [0.05, 0.1) is 34.6 Å². The predicted molar refractivity (Wildman–Crippen MR) is 140 cm³/mol. The first-order chi connectivity index (χ1) is 17.7. The number of carbonyl (C=O) groups excluding carboxylic acids is 1. The Morgan fingerprint density at radius 3 is 2.47 bits per heavy atom. The summed E-state index contributed by atoms with van der Waals surface area (Å²) in [7, 11) is -6.29. The Kier molecular flexibility index (Phi) is 8.17. The molecule has 3 fully saturated rings. The number of alkyl halides is 2. The highest BCUT2D eigenvalue weighted by atomic mass is 32.2. The molecule has 1 aliphatic carbocycles. The number of nitrogens with one attached hydrogen (secondary N) is 1. The maximum absolute atomic E-state index is 13.2. The minimum Gasteiger partial charge on any atom is -0.435 e. The fraction of sp³-hybridized carbons (Fsp3) is 0.600. The Morgan fingerprint density at radius 1 is 1.13 bits per heavy atom. The van der Waals surface area contributed by atoms with Crippen LogP contribution in [0.15, 0.2) is 34.8 Å². The van der Waals surface area contributed by atoms with Gasteiger partial charge in [-0.25, -0.2) is 16.8 Å². The van der Waals surface area contributed by atoms with E-state index in [-0.39, 0.29) is 47.1 Å². The summed E-state index contributed by atoms with van der Waals surface area (Å²) in [6.45, 7) is -1.25. The maximum Gasteiger partial charge on any atom is 0.387 e. The van der Waals surface area contributed by atoms with Crippen LogP contribution in [0, 0.1) is 5.92 Å².